The molecule has 4 heteroatoms. The Balaban J connectivity index is 0.000000662. The largest absolute Gasteiger partial charge is 0.478 e. The molecular formula is C35H42N2O2. The van der Waals surface area contributed by atoms with E-state index in [0.29, 0.717) is 6.73 Å². The lowest BCUT2D eigenvalue weighted by Crippen LogP contribution is -2.34. The normalized spacial score (nSPS) is 17.3. The van der Waals surface area contributed by atoms with Gasteiger partial charge in [0.1, 0.15) is 18.2 Å². The average molecular weight is 523 g/mol. The predicted octanol–water partition coefficient (Wildman–Crippen LogP) is 8.76. The molecule has 2 aliphatic heterocycles. The second kappa shape index (κ2) is 12.4. The molecule has 2 aliphatic rings. The van der Waals surface area contributed by atoms with Crippen LogP contribution in [0.4, 0.5) is 5.69 Å². The van der Waals surface area contributed by atoms with Gasteiger partial charge in [-0.2, -0.15) is 0 Å². The number of fused-ring (bicyclic) bond motifs is 5. The second-order valence-corrected chi connectivity index (χ2v) is 9.97. The molecule has 0 amide bonds. The van der Waals surface area contributed by atoms with Crippen LogP contribution in [0.2, 0.25) is 0 Å². The third-order valence-electron chi connectivity index (χ3n) is 6.98. The number of ether oxygens (including phenoxy) is 2. The molecule has 2 heterocycles. The Morgan fingerprint density at radius 3 is 2.05 bits per heavy atom. The lowest BCUT2D eigenvalue weighted by Gasteiger charge is -2.37. The van der Waals surface area contributed by atoms with Gasteiger partial charge < -0.3 is 14.8 Å². The van der Waals surface area contributed by atoms with Crippen molar-refractivity contribution in [3.63, 3.8) is 0 Å². The summed E-state index contributed by atoms with van der Waals surface area (Å²) in [5.41, 5.74) is 6.16. The van der Waals surface area contributed by atoms with Crippen molar-refractivity contribution >= 4 is 22.5 Å². The van der Waals surface area contributed by atoms with Gasteiger partial charge >= 0.3 is 0 Å². The number of nitrogens with one attached hydrogen (secondary N) is 1. The van der Waals surface area contributed by atoms with E-state index in [4.69, 9.17) is 9.47 Å². The first-order chi connectivity index (χ1) is 19.0. The molecule has 0 aromatic heterocycles. The van der Waals surface area contributed by atoms with E-state index in [1.54, 1.807) is 0 Å². The fraction of sp³-hybridized carbons (Fsp3) is 0.314. The number of nitrogens with zero attached hydrogens (tertiary/aromatic N) is 1. The Morgan fingerprint density at radius 1 is 0.821 bits per heavy atom. The van der Waals surface area contributed by atoms with Gasteiger partial charge in [-0.15, -0.1) is 0 Å². The standard InChI is InChI=1S/C30H28N2O2.C3H8.C2H6/c1-20-4-6-21(7-5-20)30(22-8-10-23(31-2)11-9-22)17-16-26-24-12-14-28-27(18-32(3)19-33-28)25(24)13-15-29(26)34-30;1-3-2;1-2/h4-17,31H,18-19H2,1-3H3;3H2,1-2H3;1-2H3. The molecule has 0 saturated carbocycles. The maximum Gasteiger partial charge on any atom is 0.178 e. The zero-order chi connectivity index (χ0) is 28.0. The summed E-state index contributed by atoms with van der Waals surface area (Å²) >= 11 is 0. The molecule has 0 fully saturated rings. The van der Waals surface area contributed by atoms with Crippen LogP contribution in [0.15, 0.2) is 78.9 Å². The maximum atomic E-state index is 6.93. The van der Waals surface area contributed by atoms with Gasteiger partial charge in [-0.05, 0) is 67.2 Å². The molecule has 204 valence electrons. The maximum absolute atomic E-state index is 6.93. The monoisotopic (exact) mass is 522 g/mol. The molecule has 1 unspecified atom stereocenters. The third kappa shape index (κ3) is 5.53. The average Bonchev–Trinajstić information content (AvgIpc) is 2.98. The van der Waals surface area contributed by atoms with Gasteiger partial charge in [0.25, 0.3) is 0 Å². The van der Waals surface area contributed by atoms with Gasteiger partial charge in [0.05, 0.1) is 0 Å². The van der Waals surface area contributed by atoms with Gasteiger partial charge in [0.2, 0.25) is 0 Å². The molecule has 4 aromatic rings. The van der Waals surface area contributed by atoms with Crippen LogP contribution in [0.1, 0.15) is 61.9 Å². The number of hydrogen-bond donors (Lipinski definition) is 1. The van der Waals surface area contributed by atoms with E-state index in [-0.39, 0.29) is 0 Å². The molecule has 0 aliphatic carbocycles. The van der Waals surface area contributed by atoms with E-state index in [1.807, 2.05) is 20.9 Å². The lowest BCUT2D eigenvalue weighted by atomic mass is 9.82. The highest BCUT2D eigenvalue weighted by molar-refractivity contribution is 5.97. The predicted molar refractivity (Wildman–Crippen MR) is 166 cm³/mol. The summed E-state index contributed by atoms with van der Waals surface area (Å²) in [4.78, 5) is 2.19. The Kier molecular flexibility index (Phi) is 8.98. The fourth-order valence-corrected chi connectivity index (χ4v) is 5.08. The summed E-state index contributed by atoms with van der Waals surface area (Å²) in [6.07, 6.45) is 5.68. The number of hydrogen-bond acceptors (Lipinski definition) is 4. The number of rotatable bonds is 3. The summed E-state index contributed by atoms with van der Waals surface area (Å²) in [7, 11) is 4.02. The Labute approximate surface area is 234 Å². The molecule has 39 heavy (non-hydrogen) atoms. The molecule has 1 atom stereocenters. The molecule has 0 spiro atoms. The topological polar surface area (TPSA) is 33.7 Å². The van der Waals surface area contributed by atoms with Gasteiger partial charge in [-0.1, -0.05) is 82.1 Å². The summed E-state index contributed by atoms with van der Waals surface area (Å²) in [6.45, 7) is 11.9. The van der Waals surface area contributed by atoms with Crippen molar-refractivity contribution in [2.45, 2.75) is 53.2 Å². The van der Waals surface area contributed by atoms with Gasteiger partial charge in [0, 0.05) is 41.5 Å². The SMILES string of the molecule is CC.CCC.CNc1ccc(C2(c3ccc(C)cc3)C=Cc3c(ccc4c5c(ccc34)OCN(C)C5)O2)cc1. The van der Waals surface area contributed by atoms with Crippen molar-refractivity contribution < 1.29 is 9.47 Å². The van der Waals surface area contributed by atoms with Crippen molar-refractivity contribution in [1.82, 2.24) is 4.90 Å². The minimum absolute atomic E-state index is 0.623. The highest BCUT2D eigenvalue weighted by Gasteiger charge is 2.37. The van der Waals surface area contributed by atoms with Crippen LogP contribution >= 0.6 is 0 Å². The van der Waals surface area contributed by atoms with Crippen LogP contribution < -0.4 is 14.8 Å². The van der Waals surface area contributed by atoms with Crippen molar-refractivity contribution in [3.8, 4) is 11.5 Å². The smallest absolute Gasteiger partial charge is 0.178 e. The molecular weight excluding hydrogens is 480 g/mol. The van der Waals surface area contributed by atoms with Crippen molar-refractivity contribution in [1.29, 1.82) is 0 Å². The highest BCUT2D eigenvalue weighted by Crippen LogP contribution is 2.45. The quantitative estimate of drug-likeness (QED) is 0.292. The molecule has 0 bridgehead atoms. The number of anilines is 1. The summed E-state index contributed by atoms with van der Waals surface area (Å²) < 4.78 is 12.9. The zero-order valence-electron chi connectivity index (χ0n) is 24.5. The van der Waals surface area contributed by atoms with Gasteiger partial charge in [-0.25, -0.2) is 0 Å². The van der Waals surface area contributed by atoms with E-state index in [0.717, 1.165) is 40.4 Å². The molecule has 0 radical (unpaired) electrons. The molecule has 4 nitrogen and oxygen atoms in total. The van der Waals surface area contributed by atoms with E-state index < -0.39 is 5.60 Å². The molecule has 4 aromatic carbocycles. The van der Waals surface area contributed by atoms with Crippen molar-refractivity contribution in [3.05, 3.63) is 107 Å². The lowest BCUT2D eigenvalue weighted by molar-refractivity contribution is 0.122. The van der Waals surface area contributed by atoms with Crippen LogP contribution in [0.3, 0.4) is 0 Å². The minimum Gasteiger partial charge on any atom is -0.478 e. The van der Waals surface area contributed by atoms with E-state index in [2.05, 4.69) is 123 Å². The molecule has 6 rings (SSSR count). The van der Waals surface area contributed by atoms with E-state index in [1.165, 1.54) is 28.3 Å². The highest BCUT2D eigenvalue weighted by atomic mass is 16.5. The van der Waals surface area contributed by atoms with Crippen LogP contribution in [-0.2, 0) is 12.1 Å². The van der Waals surface area contributed by atoms with Gasteiger partial charge in [-0.3, -0.25) is 4.90 Å². The zero-order valence-corrected chi connectivity index (χ0v) is 24.5. The minimum atomic E-state index is -0.696. The van der Waals surface area contributed by atoms with E-state index in [9.17, 15) is 0 Å². The Morgan fingerprint density at radius 2 is 1.41 bits per heavy atom. The Bertz CT molecular complexity index is 1420. The first kappa shape index (κ1) is 28.3. The van der Waals surface area contributed by atoms with Crippen LogP contribution in [0, 0.1) is 6.92 Å². The molecule has 0 saturated heterocycles. The summed E-state index contributed by atoms with van der Waals surface area (Å²) in [5, 5.41) is 5.62. The fourth-order valence-electron chi connectivity index (χ4n) is 5.08. The number of benzene rings is 4. The van der Waals surface area contributed by atoms with Crippen LogP contribution in [0.25, 0.3) is 16.8 Å². The van der Waals surface area contributed by atoms with Crippen LogP contribution in [0.5, 0.6) is 11.5 Å². The third-order valence-corrected chi connectivity index (χ3v) is 6.98. The van der Waals surface area contributed by atoms with Crippen molar-refractivity contribution in [2.75, 3.05) is 26.1 Å². The summed E-state index contributed by atoms with van der Waals surface area (Å²) in [6, 6.07) is 25.7. The Hall–Kier alpha value is -3.76. The first-order valence-electron chi connectivity index (χ1n) is 14.1. The number of aryl methyl sites for hydroxylation is 1. The first-order valence-corrected chi connectivity index (χ1v) is 14.1. The van der Waals surface area contributed by atoms with Crippen LogP contribution in [-0.4, -0.2) is 25.7 Å². The summed E-state index contributed by atoms with van der Waals surface area (Å²) in [5.74, 6) is 1.86. The second-order valence-electron chi connectivity index (χ2n) is 9.97. The molecule has 1 N–H and O–H groups in total. The van der Waals surface area contributed by atoms with Gasteiger partial charge in [0.15, 0.2) is 5.60 Å². The van der Waals surface area contributed by atoms with E-state index >= 15 is 0 Å². The van der Waals surface area contributed by atoms with Crippen molar-refractivity contribution in [2.24, 2.45) is 0 Å².